The van der Waals surface area contributed by atoms with Crippen molar-refractivity contribution in [2.75, 3.05) is 0 Å². The Morgan fingerprint density at radius 3 is 2.64 bits per heavy atom. The number of hydrogen-bond acceptors (Lipinski definition) is 2. The molecule has 0 spiro atoms. The Kier molecular flexibility index (Phi) is 0.722. The first-order chi connectivity index (χ1) is 5.08. The molecule has 2 heteroatoms. The van der Waals surface area contributed by atoms with Gasteiger partial charge in [-0.25, -0.2) is 0 Å². The second-order valence-corrected chi connectivity index (χ2v) is 4.50. The molecule has 0 radical (unpaired) electrons. The highest BCUT2D eigenvalue weighted by Gasteiger charge is 2.78. The fourth-order valence-electron chi connectivity index (χ4n) is 3.08. The minimum atomic E-state index is -0.395. The molecule has 4 atom stereocenters. The van der Waals surface area contributed by atoms with Crippen LogP contribution in [0, 0.1) is 11.8 Å². The predicted molar refractivity (Wildman–Crippen MR) is 39.1 cm³/mol. The molecule has 4 unspecified atom stereocenters. The highest BCUT2D eigenvalue weighted by atomic mass is 16.5. The highest BCUT2D eigenvalue weighted by Crippen LogP contribution is 2.68. The molecule has 4 fully saturated rings. The first-order valence-electron chi connectivity index (χ1n) is 4.32. The number of fused-ring (bicyclic) bond motifs is 1. The van der Waals surface area contributed by atoms with E-state index in [2.05, 4.69) is 6.92 Å². The van der Waals surface area contributed by atoms with Crippen LogP contribution in [0.5, 0.6) is 0 Å². The van der Waals surface area contributed by atoms with Crippen molar-refractivity contribution in [1.29, 1.82) is 0 Å². The lowest BCUT2D eigenvalue weighted by Gasteiger charge is -2.33. The fraction of sp³-hybridized carbons (Fsp3) is 0.889. The third-order valence-corrected chi connectivity index (χ3v) is 3.83. The molecule has 2 heterocycles. The van der Waals surface area contributed by atoms with Gasteiger partial charge in [0.1, 0.15) is 5.60 Å². The Morgan fingerprint density at radius 2 is 2.27 bits per heavy atom. The molecule has 0 aromatic carbocycles. The number of carbonyl (C=O) groups excluding carboxylic acids is 1. The molecule has 2 aliphatic heterocycles. The normalized spacial score (nSPS) is 65.1. The van der Waals surface area contributed by atoms with Gasteiger partial charge in [-0.05, 0) is 26.7 Å². The number of hydrogen-bond donors (Lipinski definition) is 0. The van der Waals surface area contributed by atoms with Crippen molar-refractivity contribution in [2.24, 2.45) is 11.8 Å². The van der Waals surface area contributed by atoms with E-state index in [1.165, 1.54) is 6.42 Å². The highest BCUT2D eigenvalue weighted by molar-refractivity contribution is 5.96. The van der Waals surface area contributed by atoms with E-state index >= 15 is 0 Å². The lowest BCUT2D eigenvalue weighted by molar-refractivity contribution is -0.149. The lowest BCUT2D eigenvalue weighted by atomic mass is 9.85. The van der Waals surface area contributed by atoms with Gasteiger partial charge in [-0.1, -0.05) is 0 Å². The predicted octanol–water partition coefficient (Wildman–Crippen LogP) is 1.14. The summed E-state index contributed by atoms with van der Waals surface area (Å²) in [7, 11) is 0. The summed E-state index contributed by atoms with van der Waals surface area (Å²) < 4.78 is 5.77. The van der Waals surface area contributed by atoms with E-state index in [1.807, 2.05) is 6.92 Å². The molecule has 60 valence electrons. The minimum Gasteiger partial charge on any atom is -0.360 e. The van der Waals surface area contributed by atoms with Crippen molar-refractivity contribution >= 4 is 5.78 Å². The summed E-state index contributed by atoms with van der Waals surface area (Å²) in [6, 6.07) is 0. The van der Waals surface area contributed by atoms with E-state index in [4.69, 9.17) is 4.74 Å². The summed E-state index contributed by atoms with van der Waals surface area (Å²) in [4.78, 5) is 11.6. The average molecular weight is 152 g/mol. The molecule has 11 heavy (non-hydrogen) atoms. The Balaban J connectivity index is 2.12. The van der Waals surface area contributed by atoms with Crippen LogP contribution in [-0.2, 0) is 9.53 Å². The van der Waals surface area contributed by atoms with Crippen LogP contribution in [-0.4, -0.2) is 17.0 Å². The van der Waals surface area contributed by atoms with E-state index < -0.39 is 5.60 Å². The van der Waals surface area contributed by atoms with E-state index in [9.17, 15) is 4.79 Å². The van der Waals surface area contributed by atoms with Gasteiger partial charge in [-0.15, -0.1) is 0 Å². The van der Waals surface area contributed by atoms with Gasteiger partial charge in [0.2, 0.25) is 0 Å². The molecule has 4 aliphatic rings. The van der Waals surface area contributed by atoms with Gasteiger partial charge >= 0.3 is 0 Å². The molecular formula is C9H12O2. The van der Waals surface area contributed by atoms with Crippen LogP contribution in [0.3, 0.4) is 0 Å². The Hall–Kier alpha value is -0.370. The zero-order valence-corrected chi connectivity index (χ0v) is 6.89. The van der Waals surface area contributed by atoms with E-state index in [0.717, 1.165) is 6.42 Å². The lowest BCUT2D eigenvalue weighted by Crippen LogP contribution is -2.42. The average Bonchev–Trinajstić information content (AvgIpc) is 2.45. The van der Waals surface area contributed by atoms with Crippen LogP contribution >= 0.6 is 0 Å². The quantitative estimate of drug-likeness (QED) is 0.520. The summed E-state index contributed by atoms with van der Waals surface area (Å²) in [5.41, 5.74) is -0.432. The van der Waals surface area contributed by atoms with Crippen LogP contribution < -0.4 is 0 Å². The SMILES string of the molecule is CC12CCC3C(C1=O)C3(C)O2. The molecule has 2 saturated carbocycles. The molecule has 2 saturated heterocycles. The van der Waals surface area contributed by atoms with Crippen molar-refractivity contribution in [1.82, 2.24) is 0 Å². The summed E-state index contributed by atoms with van der Waals surface area (Å²) in [5, 5.41) is 0. The van der Waals surface area contributed by atoms with Gasteiger partial charge in [-0.3, -0.25) is 4.79 Å². The number of rotatable bonds is 0. The number of Topliss-reactive ketones (excluding diaryl/α,β-unsaturated/α-hetero) is 1. The van der Waals surface area contributed by atoms with Gasteiger partial charge in [0, 0.05) is 5.92 Å². The Bertz CT molecular complexity index is 260. The monoisotopic (exact) mass is 152 g/mol. The topological polar surface area (TPSA) is 26.3 Å². The Morgan fingerprint density at radius 1 is 1.55 bits per heavy atom. The smallest absolute Gasteiger partial charge is 0.170 e. The first kappa shape index (κ1) is 6.18. The molecule has 0 aromatic rings. The Labute approximate surface area is 65.9 Å². The van der Waals surface area contributed by atoms with Crippen LogP contribution in [0.4, 0.5) is 0 Å². The van der Waals surface area contributed by atoms with Gasteiger partial charge in [0.25, 0.3) is 0 Å². The third kappa shape index (κ3) is 0.442. The zero-order chi connectivity index (χ0) is 7.85. The summed E-state index contributed by atoms with van der Waals surface area (Å²) in [6.45, 7) is 4.04. The largest absolute Gasteiger partial charge is 0.360 e. The van der Waals surface area contributed by atoms with E-state index in [1.54, 1.807) is 0 Å². The number of ether oxygens (including phenoxy) is 1. The van der Waals surface area contributed by atoms with E-state index in [-0.39, 0.29) is 11.5 Å². The third-order valence-electron chi connectivity index (χ3n) is 3.83. The molecule has 0 amide bonds. The minimum absolute atomic E-state index is 0.0376. The maximum absolute atomic E-state index is 11.6. The molecule has 0 aromatic heterocycles. The number of ketones is 1. The maximum atomic E-state index is 11.6. The van der Waals surface area contributed by atoms with Crippen molar-refractivity contribution in [3.63, 3.8) is 0 Å². The second kappa shape index (κ2) is 1.28. The second-order valence-electron chi connectivity index (χ2n) is 4.50. The molecule has 4 bridgehead atoms. The zero-order valence-electron chi connectivity index (χ0n) is 6.89. The molecule has 2 aliphatic carbocycles. The summed E-state index contributed by atoms with van der Waals surface area (Å²) >= 11 is 0. The molecule has 4 rings (SSSR count). The van der Waals surface area contributed by atoms with Gasteiger partial charge in [-0.2, -0.15) is 0 Å². The van der Waals surface area contributed by atoms with Crippen molar-refractivity contribution in [3.05, 3.63) is 0 Å². The fourth-order valence-corrected chi connectivity index (χ4v) is 3.08. The van der Waals surface area contributed by atoms with Gasteiger partial charge in [0.05, 0.1) is 11.5 Å². The van der Waals surface area contributed by atoms with Crippen LogP contribution in [0.2, 0.25) is 0 Å². The van der Waals surface area contributed by atoms with Crippen molar-refractivity contribution < 1.29 is 9.53 Å². The van der Waals surface area contributed by atoms with Crippen molar-refractivity contribution in [2.45, 2.75) is 37.9 Å². The summed E-state index contributed by atoms with van der Waals surface area (Å²) in [6.07, 6.45) is 2.14. The van der Waals surface area contributed by atoms with Gasteiger partial charge in [0.15, 0.2) is 5.78 Å². The van der Waals surface area contributed by atoms with Crippen LogP contribution in [0.15, 0.2) is 0 Å². The number of carbonyl (C=O) groups is 1. The molecular weight excluding hydrogens is 140 g/mol. The maximum Gasteiger partial charge on any atom is 0.170 e. The standard InChI is InChI=1S/C9H12O2/c1-8-4-3-5-6(7(8)10)9(5,2)11-8/h5-6H,3-4H2,1-2H3. The van der Waals surface area contributed by atoms with Gasteiger partial charge < -0.3 is 4.74 Å². The molecule has 2 nitrogen and oxygen atoms in total. The molecule has 0 N–H and O–H groups in total. The first-order valence-corrected chi connectivity index (χ1v) is 4.32. The van der Waals surface area contributed by atoms with Crippen LogP contribution in [0.25, 0.3) is 0 Å². The van der Waals surface area contributed by atoms with E-state index in [0.29, 0.717) is 11.7 Å². The van der Waals surface area contributed by atoms with Crippen molar-refractivity contribution in [3.8, 4) is 0 Å². The van der Waals surface area contributed by atoms with Crippen LogP contribution in [0.1, 0.15) is 26.7 Å². The summed E-state index contributed by atoms with van der Waals surface area (Å²) in [5.74, 6) is 1.20.